The maximum absolute atomic E-state index is 12.4. The Labute approximate surface area is 201 Å². The van der Waals surface area contributed by atoms with Crippen molar-refractivity contribution in [2.24, 2.45) is 5.92 Å². The number of hydrogen-bond donors (Lipinski definition) is 3. The maximum atomic E-state index is 12.4. The highest BCUT2D eigenvalue weighted by Gasteiger charge is 2.25. The minimum Gasteiger partial charge on any atom is -0.469 e. The van der Waals surface area contributed by atoms with Gasteiger partial charge in [0.1, 0.15) is 5.02 Å². The molecule has 2 aromatic heterocycles. The lowest BCUT2D eigenvalue weighted by molar-refractivity contribution is -0.144. The molecule has 34 heavy (non-hydrogen) atoms. The molecule has 0 aliphatic carbocycles. The Balaban J connectivity index is 1.88. The number of nitrogens with zero attached hydrogens (tertiary/aromatic N) is 3. The van der Waals surface area contributed by atoms with Gasteiger partial charge in [-0.25, -0.2) is 9.78 Å². The first-order chi connectivity index (χ1) is 15.9. The van der Waals surface area contributed by atoms with E-state index in [9.17, 15) is 14.4 Å². The largest absolute Gasteiger partial charge is 0.469 e. The van der Waals surface area contributed by atoms with E-state index in [0.29, 0.717) is 22.1 Å². The van der Waals surface area contributed by atoms with E-state index in [1.807, 2.05) is 20.8 Å². The zero-order valence-electron chi connectivity index (χ0n) is 19.8. The summed E-state index contributed by atoms with van der Waals surface area (Å²) in [4.78, 5) is 40.0. The van der Waals surface area contributed by atoms with E-state index in [0.717, 1.165) is 5.69 Å². The van der Waals surface area contributed by atoms with Gasteiger partial charge in [-0.05, 0) is 18.2 Å². The van der Waals surface area contributed by atoms with E-state index in [-0.39, 0.29) is 23.4 Å². The Hall–Kier alpha value is -3.60. The van der Waals surface area contributed by atoms with E-state index >= 15 is 0 Å². The van der Waals surface area contributed by atoms with E-state index in [2.05, 4.69) is 30.6 Å². The smallest absolute Gasteiger partial charge is 0.319 e. The second kappa shape index (κ2) is 9.72. The number of aromatic nitrogens is 4. The molecule has 1 unspecified atom stereocenters. The van der Waals surface area contributed by atoms with Gasteiger partial charge >= 0.3 is 18.0 Å². The summed E-state index contributed by atoms with van der Waals surface area (Å²) in [5.74, 6) is -1.03. The van der Waals surface area contributed by atoms with Crippen LogP contribution in [0.25, 0.3) is 17.0 Å². The van der Waals surface area contributed by atoms with Crippen molar-refractivity contribution in [2.45, 2.75) is 40.0 Å². The van der Waals surface area contributed by atoms with Crippen LogP contribution in [-0.2, 0) is 19.7 Å². The van der Waals surface area contributed by atoms with Crippen molar-refractivity contribution >= 4 is 40.9 Å². The van der Waals surface area contributed by atoms with E-state index in [1.54, 1.807) is 19.1 Å². The van der Waals surface area contributed by atoms with Crippen molar-refractivity contribution in [3.8, 4) is 17.1 Å². The molecule has 0 aliphatic heterocycles. The van der Waals surface area contributed by atoms with E-state index in [4.69, 9.17) is 16.3 Å². The van der Waals surface area contributed by atoms with Gasteiger partial charge in [0.05, 0.1) is 24.4 Å². The van der Waals surface area contributed by atoms with Crippen LogP contribution in [0, 0.1) is 5.92 Å². The molecule has 1 atom stereocenters. The lowest BCUT2D eigenvalue weighted by atomic mass is 9.92. The lowest BCUT2D eigenvalue weighted by Crippen LogP contribution is -2.35. The van der Waals surface area contributed by atoms with Gasteiger partial charge in [0.15, 0.2) is 17.2 Å². The van der Waals surface area contributed by atoms with Gasteiger partial charge in [0.2, 0.25) is 0 Å². The van der Waals surface area contributed by atoms with E-state index in [1.165, 1.54) is 24.7 Å². The van der Waals surface area contributed by atoms with Crippen molar-refractivity contribution in [1.29, 1.82) is 0 Å². The number of hydrogen-bond acceptors (Lipinski definition) is 7. The molecular weight excluding hydrogens is 464 g/mol. The molecule has 2 heterocycles. The fourth-order valence-electron chi connectivity index (χ4n) is 3.13. The topological polar surface area (TPSA) is 140 Å². The van der Waals surface area contributed by atoms with Crippen molar-refractivity contribution < 1.29 is 23.9 Å². The fourth-order valence-corrected chi connectivity index (χ4v) is 3.57. The number of anilines is 1. The molecule has 1 aromatic carbocycles. The lowest BCUT2D eigenvalue weighted by Gasteiger charge is -2.16. The van der Waals surface area contributed by atoms with Crippen LogP contribution in [0.5, 0.6) is 5.75 Å². The number of amides is 2. The summed E-state index contributed by atoms with van der Waals surface area (Å²) in [6, 6.07) is 4.17. The standard InChI is InChI=1S/C22H27ClN6O5/c1-11(20(31)33-6)10-24-21(32)25-14-9-13(7-8-15(14)34-12(2)30)18-26-19-16(23)17(22(3,4)5)27-29(19)28-18/h7-9,11,27H,10H2,1-6H3,(H2,24,25,32). The Morgan fingerprint density at radius 2 is 1.97 bits per heavy atom. The third-order valence-electron chi connectivity index (χ3n) is 4.90. The number of benzene rings is 1. The third kappa shape index (κ3) is 5.48. The number of halogens is 1. The minimum atomic E-state index is -0.593. The van der Waals surface area contributed by atoms with Crippen LogP contribution < -0.4 is 15.4 Å². The number of fused-ring (bicyclic) bond motifs is 1. The number of carbonyl (C=O) groups is 3. The van der Waals surface area contributed by atoms with Gasteiger partial charge in [0, 0.05) is 24.4 Å². The van der Waals surface area contributed by atoms with Gasteiger partial charge in [-0.15, -0.1) is 5.10 Å². The maximum Gasteiger partial charge on any atom is 0.319 e. The molecule has 0 saturated carbocycles. The predicted molar refractivity (Wildman–Crippen MR) is 126 cm³/mol. The summed E-state index contributed by atoms with van der Waals surface area (Å²) >= 11 is 6.51. The second-order valence-corrected chi connectivity index (χ2v) is 9.16. The Kier molecular flexibility index (Phi) is 7.15. The van der Waals surface area contributed by atoms with Gasteiger partial charge in [-0.3, -0.25) is 14.7 Å². The van der Waals surface area contributed by atoms with Crippen LogP contribution in [0.3, 0.4) is 0 Å². The summed E-state index contributed by atoms with van der Waals surface area (Å²) in [5, 5.41) is 13.3. The summed E-state index contributed by atoms with van der Waals surface area (Å²) in [5.41, 5.74) is 1.83. The van der Waals surface area contributed by atoms with Crippen molar-refractivity contribution in [2.75, 3.05) is 19.0 Å². The Morgan fingerprint density at radius 3 is 2.56 bits per heavy atom. The molecule has 0 bridgehead atoms. The van der Waals surface area contributed by atoms with Gasteiger partial charge in [0.25, 0.3) is 0 Å². The zero-order chi connectivity index (χ0) is 25.2. The van der Waals surface area contributed by atoms with Gasteiger partial charge in [-0.1, -0.05) is 39.3 Å². The number of aromatic amines is 1. The van der Waals surface area contributed by atoms with Crippen molar-refractivity contribution in [1.82, 2.24) is 25.1 Å². The quantitative estimate of drug-likeness (QED) is 0.354. The molecule has 11 nitrogen and oxygen atoms in total. The molecule has 3 rings (SSSR count). The molecule has 182 valence electrons. The van der Waals surface area contributed by atoms with Crippen LogP contribution >= 0.6 is 11.6 Å². The Bertz CT molecular complexity index is 1240. The molecule has 0 fully saturated rings. The highest BCUT2D eigenvalue weighted by molar-refractivity contribution is 6.34. The second-order valence-electron chi connectivity index (χ2n) is 8.79. The summed E-state index contributed by atoms with van der Waals surface area (Å²) in [6.07, 6.45) is 0. The molecule has 0 radical (unpaired) electrons. The highest BCUT2D eigenvalue weighted by Crippen LogP contribution is 2.33. The average molecular weight is 491 g/mol. The highest BCUT2D eigenvalue weighted by atomic mass is 35.5. The first kappa shape index (κ1) is 25.0. The number of ether oxygens (including phenoxy) is 2. The number of methoxy groups -OCH3 is 1. The summed E-state index contributed by atoms with van der Waals surface area (Å²) < 4.78 is 11.3. The van der Waals surface area contributed by atoms with Crippen LogP contribution in [0.2, 0.25) is 5.02 Å². The third-order valence-corrected chi connectivity index (χ3v) is 5.26. The molecule has 12 heteroatoms. The van der Waals surface area contributed by atoms with Crippen LogP contribution in [-0.4, -0.2) is 51.4 Å². The SMILES string of the molecule is COC(=O)C(C)CNC(=O)Nc1cc(-c2nc3c(Cl)c(C(C)(C)C)[nH]n3n2)ccc1OC(C)=O. The fraction of sp³-hybridized carbons (Fsp3) is 0.409. The predicted octanol–water partition coefficient (Wildman–Crippen LogP) is 3.53. The molecule has 0 saturated heterocycles. The average Bonchev–Trinajstić information content (AvgIpc) is 3.31. The number of rotatable bonds is 6. The summed E-state index contributed by atoms with van der Waals surface area (Å²) in [7, 11) is 1.28. The number of nitrogens with one attached hydrogen (secondary N) is 3. The molecule has 3 aromatic rings. The van der Waals surface area contributed by atoms with Crippen LogP contribution in [0.15, 0.2) is 18.2 Å². The van der Waals surface area contributed by atoms with Gasteiger partial charge in [-0.2, -0.15) is 4.63 Å². The monoisotopic (exact) mass is 490 g/mol. The molecule has 2 amide bonds. The van der Waals surface area contributed by atoms with Gasteiger partial charge < -0.3 is 20.1 Å². The van der Waals surface area contributed by atoms with E-state index < -0.39 is 23.9 Å². The number of H-pyrrole nitrogens is 1. The molecule has 3 N–H and O–H groups in total. The number of esters is 2. The molecular formula is C22H27ClN6O5. The Morgan fingerprint density at radius 1 is 1.26 bits per heavy atom. The molecule has 0 spiro atoms. The minimum absolute atomic E-state index is 0.0586. The first-order valence-corrected chi connectivity index (χ1v) is 10.9. The van der Waals surface area contributed by atoms with Crippen LogP contribution in [0.4, 0.5) is 10.5 Å². The van der Waals surface area contributed by atoms with Crippen molar-refractivity contribution in [3.05, 3.63) is 28.9 Å². The normalized spacial score (nSPS) is 12.3. The zero-order valence-corrected chi connectivity index (χ0v) is 20.5. The first-order valence-electron chi connectivity index (χ1n) is 10.5. The van der Waals surface area contributed by atoms with Crippen LogP contribution in [0.1, 0.15) is 40.3 Å². The summed E-state index contributed by atoms with van der Waals surface area (Å²) in [6.45, 7) is 9.00. The van der Waals surface area contributed by atoms with Crippen molar-refractivity contribution in [3.63, 3.8) is 0 Å². The molecule has 0 aliphatic rings. The number of urea groups is 1. The number of carbonyl (C=O) groups excluding carboxylic acids is 3.